The van der Waals surface area contributed by atoms with E-state index >= 15 is 0 Å². The maximum Gasteiger partial charge on any atom is 0.215 e. The van der Waals surface area contributed by atoms with Crippen molar-refractivity contribution in [2.75, 3.05) is 7.11 Å². The number of imidazole rings is 1. The van der Waals surface area contributed by atoms with Gasteiger partial charge in [0.1, 0.15) is 5.82 Å². The summed E-state index contributed by atoms with van der Waals surface area (Å²) in [5.74, 6) is 1.46. The molecule has 0 spiro atoms. The number of nitrogens with two attached hydrogens (primary N) is 1. The Hall–Kier alpha value is -1.62. The first kappa shape index (κ1) is 13.8. The highest BCUT2D eigenvalue weighted by Gasteiger charge is 2.17. The molecule has 0 aliphatic carbocycles. The molecule has 5 heteroatoms. The van der Waals surface area contributed by atoms with E-state index in [-0.39, 0.29) is 11.5 Å². The van der Waals surface area contributed by atoms with Crippen molar-refractivity contribution in [3.05, 3.63) is 18.0 Å². The number of H-pyrrole nitrogens is 1. The maximum absolute atomic E-state index is 6.16. The van der Waals surface area contributed by atoms with Crippen LogP contribution in [0.3, 0.4) is 0 Å². The zero-order chi connectivity index (χ0) is 14.0. The number of nitrogens with zero attached hydrogens (tertiary/aromatic N) is 2. The summed E-state index contributed by atoms with van der Waals surface area (Å²) in [6.45, 7) is 6.58. The average Bonchev–Trinajstić information content (AvgIpc) is 2.66. The minimum atomic E-state index is 0.0995. The van der Waals surface area contributed by atoms with Crippen molar-refractivity contribution in [2.24, 2.45) is 11.1 Å². The Kier molecular flexibility index (Phi) is 3.75. The van der Waals surface area contributed by atoms with Crippen LogP contribution in [-0.2, 0) is 6.42 Å². The number of fused-ring (bicyclic) bond motifs is 1. The van der Waals surface area contributed by atoms with Crippen molar-refractivity contribution in [2.45, 2.75) is 39.7 Å². The SMILES string of the molecule is COc1ccc2[nH]c(CC(N)CC(C)(C)C)nc2n1. The topological polar surface area (TPSA) is 76.8 Å². The molecular weight excluding hydrogens is 240 g/mol. The average molecular weight is 262 g/mol. The van der Waals surface area contributed by atoms with Gasteiger partial charge in [0.15, 0.2) is 5.65 Å². The van der Waals surface area contributed by atoms with Gasteiger partial charge in [0.25, 0.3) is 0 Å². The summed E-state index contributed by atoms with van der Waals surface area (Å²) in [5.41, 5.74) is 7.99. The highest BCUT2D eigenvalue weighted by atomic mass is 16.5. The molecule has 0 aromatic carbocycles. The van der Waals surface area contributed by atoms with E-state index in [9.17, 15) is 0 Å². The lowest BCUT2D eigenvalue weighted by molar-refractivity contribution is 0.337. The monoisotopic (exact) mass is 262 g/mol. The highest BCUT2D eigenvalue weighted by molar-refractivity contribution is 5.71. The standard InChI is InChI=1S/C14H22N4O/c1-14(2,3)8-9(15)7-11-16-10-5-6-12(19-4)18-13(10)17-11/h5-6,9H,7-8,15H2,1-4H3,(H,16,17,18). The van der Waals surface area contributed by atoms with Gasteiger partial charge in [-0.25, -0.2) is 4.98 Å². The molecule has 104 valence electrons. The Morgan fingerprint density at radius 3 is 2.68 bits per heavy atom. The second-order valence-electron chi connectivity index (χ2n) is 6.14. The van der Waals surface area contributed by atoms with Crippen LogP contribution >= 0.6 is 0 Å². The maximum atomic E-state index is 6.16. The summed E-state index contributed by atoms with van der Waals surface area (Å²) in [7, 11) is 1.60. The van der Waals surface area contributed by atoms with Crippen molar-refractivity contribution in [1.82, 2.24) is 15.0 Å². The van der Waals surface area contributed by atoms with Gasteiger partial charge >= 0.3 is 0 Å². The van der Waals surface area contributed by atoms with Gasteiger partial charge in [0, 0.05) is 18.5 Å². The zero-order valence-corrected chi connectivity index (χ0v) is 12.0. The molecule has 0 aliphatic rings. The molecule has 5 nitrogen and oxygen atoms in total. The van der Waals surface area contributed by atoms with Crippen LogP contribution in [-0.4, -0.2) is 28.1 Å². The molecule has 1 unspecified atom stereocenters. The van der Waals surface area contributed by atoms with Crippen molar-refractivity contribution in [3.63, 3.8) is 0 Å². The van der Waals surface area contributed by atoms with Crippen LogP contribution in [0.5, 0.6) is 5.88 Å². The molecule has 0 amide bonds. The predicted molar refractivity (Wildman–Crippen MR) is 76.2 cm³/mol. The molecule has 0 aliphatic heterocycles. The normalized spacial score (nSPS) is 13.7. The predicted octanol–water partition coefficient (Wildman–Crippen LogP) is 2.27. The lowest BCUT2D eigenvalue weighted by Gasteiger charge is -2.22. The van der Waals surface area contributed by atoms with E-state index in [2.05, 4.69) is 35.7 Å². The fourth-order valence-electron chi connectivity index (χ4n) is 2.24. The van der Waals surface area contributed by atoms with Crippen LogP contribution in [0.2, 0.25) is 0 Å². The number of aromatic nitrogens is 3. The summed E-state index contributed by atoms with van der Waals surface area (Å²) >= 11 is 0. The number of ether oxygens (including phenoxy) is 1. The van der Waals surface area contributed by atoms with E-state index in [4.69, 9.17) is 10.5 Å². The summed E-state index contributed by atoms with van der Waals surface area (Å²) in [6.07, 6.45) is 1.69. The molecule has 19 heavy (non-hydrogen) atoms. The summed E-state index contributed by atoms with van der Waals surface area (Å²) in [4.78, 5) is 12.0. The number of rotatable bonds is 4. The van der Waals surface area contributed by atoms with Crippen molar-refractivity contribution < 1.29 is 4.74 Å². The quantitative estimate of drug-likeness (QED) is 0.886. The number of pyridine rings is 1. The Labute approximate surface area is 113 Å². The Balaban J connectivity index is 2.13. The van der Waals surface area contributed by atoms with Crippen LogP contribution in [0.1, 0.15) is 33.0 Å². The molecule has 3 N–H and O–H groups in total. The Bertz CT molecular complexity index is 556. The van der Waals surface area contributed by atoms with Gasteiger partial charge in [-0.15, -0.1) is 0 Å². The van der Waals surface area contributed by atoms with Crippen LogP contribution in [0.25, 0.3) is 11.2 Å². The minimum Gasteiger partial charge on any atom is -0.481 e. The van der Waals surface area contributed by atoms with Gasteiger partial charge in [-0.2, -0.15) is 4.98 Å². The third-order valence-corrected chi connectivity index (χ3v) is 2.91. The Morgan fingerprint density at radius 1 is 1.32 bits per heavy atom. The third kappa shape index (κ3) is 3.67. The van der Waals surface area contributed by atoms with Gasteiger partial charge in [0.2, 0.25) is 5.88 Å². The molecule has 2 rings (SSSR count). The zero-order valence-electron chi connectivity index (χ0n) is 12.0. The van der Waals surface area contributed by atoms with Gasteiger partial charge in [-0.3, -0.25) is 0 Å². The van der Waals surface area contributed by atoms with Crippen LogP contribution in [0, 0.1) is 5.41 Å². The molecule has 0 saturated heterocycles. The number of nitrogens with one attached hydrogen (secondary N) is 1. The molecule has 2 heterocycles. The fraction of sp³-hybridized carbons (Fsp3) is 0.571. The van der Waals surface area contributed by atoms with E-state index in [1.54, 1.807) is 7.11 Å². The van der Waals surface area contributed by atoms with Crippen LogP contribution < -0.4 is 10.5 Å². The first-order valence-electron chi connectivity index (χ1n) is 6.52. The van der Waals surface area contributed by atoms with E-state index in [1.807, 2.05) is 12.1 Å². The Morgan fingerprint density at radius 2 is 2.05 bits per heavy atom. The molecule has 0 fully saturated rings. The smallest absolute Gasteiger partial charge is 0.215 e. The van der Waals surface area contributed by atoms with Gasteiger partial charge in [0.05, 0.1) is 12.6 Å². The molecule has 0 saturated carbocycles. The van der Waals surface area contributed by atoms with Crippen molar-refractivity contribution in [1.29, 1.82) is 0 Å². The second-order valence-corrected chi connectivity index (χ2v) is 6.14. The van der Waals surface area contributed by atoms with E-state index in [1.165, 1.54) is 0 Å². The molecule has 0 bridgehead atoms. The number of hydrogen-bond donors (Lipinski definition) is 2. The summed E-state index contributed by atoms with van der Waals surface area (Å²) < 4.78 is 5.09. The van der Waals surface area contributed by atoms with Gasteiger partial charge in [-0.05, 0) is 17.9 Å². The van der Waals surface area contributed by atoms with Crippen LogP contribution in [0.4, 0.5) is 0 Å². The molecule has 0 radical (unpaired) electrons. The number of hydrogen-bond acceptors (Lipinski definition) is 4. The first-order chi connectivity index (χ1) is 8.87. The number of methoxy groups -OCH3 is 1. The third-order valence-electron chi connectivity index (χ3n) is 2.91. The summed E-state index contributed by atoms with van der Waals surface area (Å²) in [5, 5.41) is 0. The van der Waals surface area contributed by atoms with Gasteiger partial charge in [-0.1, -0.05) is 20.8 Å². The number of aromatic amines is 1. The van der Waals surface area contributed by atoms with Crippen molar-refractivity contribution >= 4 is 11.2 Å². The van der Waals surface area contributed by atoms with E-state index in [0.29, 0.717) is 11.5 Å². The first-order valence-corrected chi connectivity index (χ1v) is 6.52. The summed E-state index contributed by atoms with van der Waals surface area (Å²) in [6, 6.07) is 3.84. The van der Waals surface area contributed by atoms with E-state index < -0.39 is 0 Å². The van der Waals surface area contributed by atoms with Crippen molar-refractivity contribution in [3.8, 4) is 5.88 Å². The highest BCUT2D eigenvalue weighted by Crippen LogP contribution is 2.22. The van der Waals surface area contributed by atoms with Crippen LogP contribution in [0.15, 0.2) is 12.1 Å². The molecule has 2 aromatic rings. The minimum absolute atomic E-state index is 0.0995. The fourth-order valence-corrected chi connectivity index (χ4v) is 2.24. The molecular formula is C14H22N4O. The lowest BCUT2D eigenvalue weighted by atomic mass is 9.87. The lowest BCUT2D eigenvalue weighted by Crippen LogP contribution is -2.28. The molecule has 1 atom stereocenters. The largest absolute Gasteiger partial charge is 0.481 e. The van der Waals surface area contributed by atoms with E-state index in [0.717, 1.165) is 24.2 Å². The molecule has 2 aromatic heterocycles. The second kappa shape index (κ2) is 5.17. The van der Waals surface area contributed by atoms with Gasteiger partial charge < -0.3 is 15.5 Å².